The topological polar surface area (TPSA) is 64.3 Å². The predicted octanol–water partition coefficient (Wildman–Crippen LogP) is 2.75. The molecular formula is C14H20N2O2S. The number of hydrogen-bond acceptors (Lipinski definition) is 5. The molecule has 104 valence electrons. The van der Waals surface area contributed by atoms with Crippen molar-refractivity contribution in [3.05, 3.63) is 23.8 Å². The van der Waals surface area contributed by atoms with Gasteiger partial charge in [-0.15, -0.1) is 0 Å². The Kier molecular flexibility index (Phi) is 4.24. The number of nitrogens with two attached hydrogens (primary N) is 1. The van der Waals surface area contributed by atoms with E-state index >= 15 is 0 Å². The summed E-state index contributed by atoms with van der Waals surface area (Å²) in [6.07, 6.45) is 2.46. The Labute approximate surface area is 118 Å². The van der Waals surface area contributed by atoms with E-state index in [0.29, 0.717) is 11.3 Å². The second-order valence-electron chi connectivity index (χ2n) is 5.05. The zero-order valence-corrected chi connectivity index (χ0v) is 12.2. The van der Waals surface area contributed by atoms with Crippen LogP contribution in [0.2, 0.25) is 0 Å². The van der Waals surface area contributed by atoms with E-state index in [1.165, 1.54) is 25.7 Å². The highest BCUT2D eigenvalue weighted by Gasteiger charge is 2.29. The summed E-state index contributed by atoms with van der Waals surface area (Å²) in [5.41, 5.74) is 7.57. The fraction of sp³-hybridized carbons (Fsp3) is 0.500. The van der Waals surface area contributed by atoms with Gasteiger partial charge in [0.1, 0.15) is 0 Å². The molecule has 1 aliphatic rings. The highest BCUT2D eigenvalue weighted by molar-refractivity contribution is 8.00. The van der Waals surface area contributed by atoms with Gasteiger partial charge in [0.15, 0.2) is 0 Å². The van der Waals surface area contributed by atoms with Crippen molar-refractivity contribution >= 4 is 29.1 Å². The number of carbonyl (C=O) groups is 1. The minimum Gasteiger partial charge on any atom is -0.465 e. The van der Waals surface area contributed by atoms with E-state index in [0.717, 1.165) is 12.2 Å². The Bertz CT molecular complexity index is 471. The van der Waals surface area contributed by atoms with Gasteiger partial charge in [0.25, 0.3) is 0 Å². The molecule has 1 aliphatic heterocycles. The average Bonchev–Trinajstić information content (AvgIpc) is 2.83. The maximum absolute atomic E-state index is 11.7. The Morgan fingerprint density at radius 3 is 3.00 bits per heavy atom. The van der Waals surface area contributed by atoms with E-state index < -0.39 is 0 Å². The number of nitrogen functional groups attached to an aromatic ring is 1. The van der Waals surface area contributed by atoms with Crippen molar-refractivity contribution in [1.29, 1.82) is 0 Å². The van der Waals surface area contributed by atoms with E-state index in [-0.39, 0.29) is 10.7 Å². The summed E-state index contributed by atoms with van der Waals surface area (Å²) in [5.74, 6) is 0.850. The summed E-state index contributed by atoms with van der Waals surface area (Å²) < 4.78 is 5.03. The lowest BCUT2D eigenvalue weighted by molar-refractivity contribution is 0.0602. The summed E-state index contributed by atoms with van der Waals surface area (Å²) in [5, 5.41) is 3.36. The van der Waals surface area contributed by atoms with Crippen LogP contribution in [0.1, 0.15) is 30.1 Å². The molecule has 5 heteroatoms. The minimum atomic E-state index is -0.362. The van der Waals surface area contributed by atoms with Crippen LogP contribution in [0.4, 0.5) is 11.4 Å². The molecule has 3 N–H and O–H groups in total. The lowest BCUT2D eigenvalue weighted by Gasteiger charge is -2.24. The number of thioether (sulfide) groups is 1. The second kappa shape index (κ2) is 5.74. The van der Waals surface area contributed by atoms with Crippen molar-refractivity contribution in [3.63, 3.8) is 0 Å². The third-order valence-corrected chi connectivity index (χ3v) is 4.94. The summed E-state index contributed by atoms with van der Waals surface area (Å²) in [7, 11) is 1.38. The second-order valence-corrected chi connectivity index (χ2v) is 6.73. The number of ether oxygens (including phenoxy) is 1. The highest BCUT2D eigenvalue weighted by Crippen LogP contribution is 2.38. The molecule has 0 aliphatic carbocycles. The van der Waals surface area contributed by atoms with Gasteiger partial charge in [-0.3, -0.25) is 0 Å². The third kappa shape index (κ3) is 3.35. The standard InChI is InChI=1S/C14H20N2O2S/c1-14(6-3-7-19-14)9-16-12-5-4-10(15)8-11(12)13(17)18-2/h4-5,8,16H,3,6-7,9,15H2,1-2H3. The Morgan fingerprint density at radius 2 is 2.37 bits per heavy atom. The van der Waals surface area contributed by atoms with Gasteiger partial charge in [-0.25, -0.2) is 4.79 Å². The monoisotopic (exact) mass is 280 g/mol. The molecule has 0 bridgehead atoms. The van der Waals surface area contributed by atoms with Gasteiger partial charge in [-0.05, 0) is 43.7 Å². The zero-order valence-electron chi connectivity index (χ0n) is 11.4. The average molecular weight is 280 g/mol. The van der Waals surface area contributed by atoms with Crippen molar-refractivity contribution in [2.45, 2.75) is 24.5 Å². The number of hydrogen-bond donors (Lipinski definition) is 2. The first-order valence-corrected chi connectivity index (χ1v) is 7.38. The molecule has 1 unspecified atom stereocenters. The van der Waals surface area contributed by atoms with Crippen molar-refractivity contribution in [2.24, 2.45) is 0 Å². The van der Waals surface area contributed by atoms with Crippen molar-refractivity contribution < 1.29 is 9.53 Å². The van der Waals surface area contributed by atoms with Crippen LogP contribution in [0.5, 0.6) is 0 Å². The van der Waals surface area contributed by atoms with Crippen LogP contribution in [0.3, 0.4) is 0 Å². The maximum atomic E-state index is 11.7. The number of benzene rings is 1. The molecule has 0 radical (unpaired) electrons. The Morgan fingerprint density at radius 1 is 1.58 bits per heavy atom. The molecule has 0 spiro atoms. The van der Waals surface area contributed by atoms with Gasteiger partial charge in [-0.1, -0.05) is 0 Å². The van der Waals surface area contributed by atoms with Gasteiger partial charge >= 0.3 is 5.97 Å². The molecule has 19 heavy (non-hydrogen) atoms. The minimum absolute atomic E-state index is 0.245. The van der Waals surface area contributed by atoms with Crippen molar-refractivity contribution in [3.8, 4) is 0 Å². The van der Waals surface area contributed by atoms with Crippen molar-refractivity contribution in [1.82, 2.24) is 0 Å². The van der Waals surface area contributed by atoms with Crippen LogP contribution >= 0.6 is 11.8 Å². The predicted molar refractivity (Wildman–Crippen MR) is 80.8 cm³/mol. The van der Waals surface area contributed by atoms with Crippen LogP contribution in [0, 0.1) is 0 Å². The highest BCUT2D eigenvalue weighted by atomic mass is 32.2. The SMILES string of the molecule is COC(=O)c1cc(N)ccc1NCC1(C)CCCS1. The van der Waals surface area contributed by atoms with E-state index in [1.54, 1.807) is 12.1 Å². The fourth-order valence-corrected chi connectivity index (χ4v) is 3.50. The van der Waals surface area contributed by atoms with Crippen LogP contribution < -0.4 is 11.1 Å². The molecular weight excluding hydrogens is 260 g/mol. The summed E-state index contributed by atoms with van der Waals surface area (Å²) in [6, 6.07) is 5.28. The van der Waals surface area contributed by atoms with E-state index in [1.807, 2.05) is 17.8 Å². The van der Waals surface area contributed by atoms with Gasteiger partial charge in [0.05, 0.1) is 12.7 Å². The lowest BCUT2D eigenvalue weighted by atomic mass is 10.1. The first kappa shape index (κ1) is 14.1. The zero-order chi connectivity index (χ0) is 13.9. The van der Waals surface area contributed by atoms with Gasteiger partial charge in [-0.2, -0.15) is 11.8 Å². The van der Waals surface area contributed by atoms with Gasteiger partial charge in [0, 0.05) is 22.7 Å². The molecule has 1 aromatic rings. The third-order valence-electron chi connectivity index (χ3n) is 3.40. The van der Waals surface area contributed by atoms with Crippen LogP contribution in [-0.2, 0) is 4.74 Å². The molecule has 1 saturated heterocycles. The number of nitrogens with one attached hydrogen (secondary N) is 1. The fourth-order valence-electron chi connectivity index (χ4n) is 2.25. The smallest absolute Gasteiger partial charge is 0.340 e. The number of anilines is 2. The van der Waals surface area contributed by atoms with E-state index in [4.69, 9.17) is 10.5 Å². The molecule has 1 atom stereocenters. The molecule has 0 amide bonds. The Balaban J connectivity index is 2.13. The number of methoxy groups -OCH3 is 1. The summed E-state index contributed by atoms with van der Waals surface area (Å²) >= 11 is 1.98. The molecule has 1 fully saturated rings. The number of carbonyl (C=O) groups excluding carboxylic acids is 1. The molecule has 1 aromatic carbocycles. The first-order chi connectivity index (χ1) is 9.04. The van der Waals surface area contributed by atoms with Crippen LogP contribution in [0.15, 0.2) is 18.2 Å². The molecule has 0 saturated carbocycles. The largest absolute Gasteiger partial charge is 0.465 e. The first-order valence-electron chi connectivity index (χ1n) is 6.40. The maximum Gasteiger partial charge on any atom is 0.340 e. The summed E-state index contributed by atoms with van der Waals surface area (Å²) in [4.78, 5) is 11.7. The molecule has 1 heterocycles. The molecule has 4 nitrogen and oxygen atoms in total. The van der Waals surface area contributed by atoms with Crippen LogP contribution in [-0.4, -0.2) is 30.1 Å². The lowest BCUT2D eigenvalue weighted by Crippen LogP contribution is -2.27. The quantitative estimate of drug-likeness (QED) is 0.656. The van der Waals surface area contributed by atoms with E-state index in [9.17, 15) is 4.79 Å². The summed E-state index contributed by atoms with van der Waals surface area (Å²) in [6.45, 7) is 3.10. The molecule has 2 rings (SSSR count). The van der Waals surface area contributed by atoms with Gasteiger partial charge in [0.2, 0.25) is 0 Å². The number of rotatable bonds is 4. The number of esters is 1. The van der Waals surface area contributed by atoms with Crippen molar-refractivity contribution in [2.75, 3.05) is 30.5 Å². The van der Waals surface area contributed by atoms with E-state index in [2.05, 4.69) is 12.2 Å². The molecule has 0 aromatic heterocycles. The Hall–Kier alpha value is -1.36. The normalized spacial score (nSPS) is 22.2. The van der Waals surface area contributed by atoms with Gasteiger partial charge < -0.3 is 15.8 Å². The van der Waals surface area contributed by atoms with Crippen LogP contribution in [0.25, 0.3) is 0 Å².